The summed E-state index contributed by atoms with van der Waals surface area (Å²) in [5, 5.41) is 7.33. The molecular formula is C11H14O. The van der Waals surface area contributed by atoms with Crippen molar-refractivity contribution in [2.75, 3.05) is 0 Å². The summed E-state index contributed by atoms with van der Waals surface area (Å²) in [6.07, 6.45) is 3.64. The molecule has 1 heteroatoms. The smallest absolute Gasteiger partial charge is 0.0719 e. The van der Waals surface area contributed by atoms with Crippen LogP contribution in [0.3, 0.4) is 0 Å². The van der Waals surface area contributed by atoms with Crippen molar-refractivity contribution >= 4 is 0 Å². The van der Waals surface area contributed by atoms with E-state index >= 15 is 0 Å². The van der Waals surface area contributed by atoms with Gasteiger partial charge in [-0.1, -0.05) is 43.0 Å². The minimum Gasteiger partial charge on any atom is -0.516 e. The van der Waals surface area contributed by atoms with Gasteiger partial charge in [0.1, 0.15) is 0 Å². The van der Waals surface area contributed by atoms with E-state index in [0.29, 0.717) is 0 Å². The molecule has 0 aliphatic heterocycles. The Hall–Kier alpha value is -1.50. The molecule has 1 nitrogen and oxygen atoms in total. The van der Waals surface area contributed by atoms with Gasteiger partial charge in [-0.15, -0.1) is 6.58 Å². The van der Waals surface area contributed by atoms with E-state index in [2.05, 4.69) is 25.3 Å². The molecule has 0 saturated heterocycles. The fourth-order valence-electron chi connectivity index (χ4n) is 0.781. The predicted octanol–water partition coefficient (Wildman–Crippen LogP) is 3.10. The molecule has 1 aromatic rings. The zero-order valence-corrected chi connectivity index (χ0v) is 7.11. The number of rotatable bonds is 2. The molecule has 0 atom stereocenters. The molecule has 0 heterocycles. The summed E-state index contributed by atoms with van der Waals surface area (Å²) in [5.41, 5.74) is 1.33. The molecule has 0 unspecified atom stereocenters. The Bertz CT molecular complexity index is 214. The highest BCUT2D eigenvalue weighted by Crippen LogP contribution is 1.98. The van der Waals surface area contributed by atoms with Crippen molar-refractivity contribution in [1.82, 2.24) is 0 Å². The lowest BCUT2D eigenvalue weighted by Gasteiger charge is -1.91. The molecule has 1 aromatic carbocycles. The maximum atomic E-state index is 7.33. The molecule has 0 bridgehead atoms. The van der Waals surface area contributed by atoms with Crippen LogP contribution in [0, 0.1) is 0 Å². The third-order valence-corrected chi connectivity index (χ3v) is 1.22. The summed E-state index contributed by atoms with van der Waals surface area (Å²) in [6, 6.07) is 10.3. The largest absolute Gasteiger partial charge is 0.516 e. The van der Waals surface area contributed by atoms with Crippen LogP contribution < -0.4 is 0 Å². The molecule has 12 heavy (non-hydrogen) atoms. The Balaban J connectivity index is 0.000000354. The van der Waals surface area contributed by atoms with E-state index in [9.17, 15) is 0 Å². The van der Waals surface area contributed by atoms with Gasteiger partial charge in [-0.05, 0) is 12.0 Å². The highest BCUT2D eigenvalue weighted by atomic mass is 16.2. The van der Waals surface area contributed by atoms with Crippen molar-refractivity contribution in [3.63, 3.8) is 0 Å². The Morgan fingerprint density at radius 2 is 1.67 bits per heavy atom. The van der Waals surface area contributed by atoms with Gasteiger partial charge in [0.2, 0.25) is 0 Å². The second kappa shape index (κ2) is 7.61. The maximum Gasteiger partial charge on any atom is 0.0719 e. The van der Waals surface area contributed by atoms with Gasteiger partial charge < -0.3 is 5.11 Å². The molecule has 0 spiro atoms. The summed E-state index contributed by atoms with van der Waals surface area (Å²) in [7, 11) is 0. The van der Waals surface area contributed by atoms with E-state index < -0.39 is 0 Å². The normalized spacial score (nSPS) is 7.67. The summed E-state index contributed by atoms with van der Waals surface area (Å²) >= 11 is 0. The minimum absolute atomic E-state index is 0.750. The van der Waals surface area contributed by atoms with Gasteiger partial charge in [-0.25, -0.2) is 0 Å². The first kappa shape index (κ1) is 10.5. The van der Waals surface area contributed by atoms with Crippen LogP contribution in [0.2, 0.25) is 0 Å². The molecule has 1 N–H and O–H groups in total. The summed E-state index contributed by atoms with van der Waals surface area (Å²) < 4.78 is 0. The molecular weight excluding hydrogens is 148 g/mol. The highest BCUT2D eigenvalue weighted by molar-refractivity contribution is 5.16. The fourth-order valence-corrected chi connectivity index (χ4v) is 0.781. The molecule has 1 rings (SSSR count). The number of aliphatic hydroxyl groups is 1. The van der Waals surface area contributed by atoms with E-state index in [1.807, 2.05) is 24.3 Å². The number of hydrogen-bond donors (Lipinski definition) is 1. The van der Waals surface area contributed by atoms with Crippen LogP contribution in [0.25, 0.3) is 0 Å². The van der Waals surface area contributed by atoms with Crippen molar-refractivity contribution in [3.05, 3.63) is 61.4 Å². The standard InChI is InChI=1S/C9H10.C2H4O/c1-2-6-9-7-4-3-5-8-9;1-2-3/h2-5,7-8H,1,6H2;2-3H,1H2. The molecule has 0 saturated carbocycles. The van der Waals surface area contributed by atoms with Gasteiger partial charge >= 0.3 is 0 Å². The molecule has 0 amide bonds. The fraction of sp³-hybridized carbons (Fsp3) is 0.0909. The molecule has 0 radical (unpaired) electrons. The van der Waals surface area contributed by atoms with Crippen LogP contribution in [0.5, 0.6) is 0 Å². The zero-order valence-electron chi connectivity index (χ0n) is 7.11. The van der Waals surface area contributed by atoms with Gasteiger partial charge in [0, 0.05) is 0 Å². The van der Waals surface area contributed by atoms with Crippen LogP contribution in [0.15, 0.2) is 55.8 Å². The van der Waals surface area contributed by atoms with Crippen molar-refractivity contribution in [2.45, 2.75) is 6.42 Å². The SMILES string of the molecule is C=CCc1ccccc1.C=CO. The molecule has 0 aliphatic carbocycles. The quantitative estimate of drug-likeness (QED) is 0.523. The van der Waals surface area contributed by atoms with Gasteiger partial charge in [-0.3, -0.25) is 0 Å². The van der Waals surface area contributed by atoms with E-state index in [1.165, 1.54) is 5.56 Å². The number of benzene rings is 1. The second-order valence-corrected chi connectivity index (χ2v) is 2.16. The topological polar surface area (TPSA) is 20.2 Å². The van der Waals surface area contributed by atoms with E-state index in [1.54, 1.807) is 0 Å². The lowest BCUT2D eigenvalue weighted by Crippen LogP contribution is -1.75. The first-order valence-electron chi connectivity index (χ1n) is 3.75. The average molecular weight is 162 g/mol. The Labute approximate surface area is 73.7 Å². The van der Waals surface area contributed by atoms with Crippen LogP contribution in [0.4, 0.5) is 0 Å². The van der Waals surface area contributed by atoms with Gasteiger partial charge in [0.15, 0.2) is 0 Å². The van der Waals surface area contributed by atoms with Gasteiger partial charge in [-0.2, -0.15) is 0 Å². The van der Waals surface area contributed by atoms with Crippen LogP contribution in [-0.2, 0) is 6.42 Å². The molecule has 64 valence electrons. The first-order valence-corrected chi connectivity index (χ1v) is 3.75. The monoisotopic (exact) mass is 162 g/mol. The predicted molar refractivity (Wildman–Crippen MR) is 53.2 cm³/mol. The number of allylic oxidation sites excluding steroid dienone is 1. The van der Waals surface area contributed by atoms with E-state index in [-0.39, 0.29) is 0 Å². The van der Waals surface area contributed by atoms with E-state index in [0.717, 1.165) is 12.7 Å². The Morgan fingerprint density at radius 3 is 2.08 bits per heavy atom. The number of aliphatic hydroxyl groups excluding tert-OH is 1. The summed E-state index contributed by atoms with van der Waals surface area (Å²) in [6.45, 7) is 6.57. The highest BCUT2D eigenvalue weighted by Gasteiger charge is 1.82. The van der Waals surface area contributed by atoms with Gasteiger partial charge in [0.05, 0.1) is 6.26 Å². The summed E-state index contributed by atoms with van der Waals surface area (Å²) in [5.74, 6) is 0. The first-order chi connectivity index (χ1) is 5.85. The lowest BCUT2D eigenvalue weighted by molar-refractivity contribution is 0.476. The molecule has 0 aromatic heterocycles. The Kier molecular flexibility index (Phi) is 6.65. The van der Waals surface area contributed by atoms with Crippen LogP contribution >= 0.6 is 0 Å². The molecule has 0 aliphatic rings. The van der Waals surface area contributed by atoms with Crippen molar-refractivity contribution in [3.8, 4) is 0 Å². The molecule has 0 fully saturated rings. The van der Waals surface area contributed by atoms with Crippen molar-refractivity contribution < 1.29 is 5.11 Å². The second-order valence-electron chi connectivity index (χ2n) is 2.16. The van der Waals surface area contributed by atoms with Crippen molar-refractivity contribution in [1.29, 1.82) is 0 Å². The minimum atomic E-state index is 0.750. The van der Waals surface area contributed by atoms with Gasteiger partial charge in [0.25, 0.3) is 0 Å². The number of hydrogen-bond acceptors (Lipinski definition) is 1. The Morgan fingerprint density at radius 1 is 1.17 bits per heavy atom. The van der Waals surface area contributed by atoms with E-state index in [4.69, 9.17) is 5.11 Å². The average Bonchev–Trinajstić information content (AvgIpc) is 2.08. The summed E-state index contributed by atoms with van der Waals surface area (Å²) in [4.78, 5) is 0. The van der Waals surface area contributed by atoms with Crippen LogP contribution in [-0.4, -0.2) is 5.11 Å². The third kappa shape index (κ3) is 5.30. The van der Waals surface area contributed by atoms with Crippen molar-refractivity contribution in [2.24, 2.45) is 0 Å². The third-order valence-electron chi connectivity index (χ3n) is 1.22. The maximum absolute atomic E-state index is 7.33. The lowest BCUT2D eigenvalue weighted by atomic mass is 10.2. The zero-order chi connectivity index (χ0) is 9.23. The van der Waals surface area contributed by atoms with Crippen LogP contribution in [0.1, 0.15) is 5.56 Å².